The van der Waals surface area contributed by atoms with E-state index in [1.54, 1.807) is 0 Å². The van der Waals surface area contributed by atoms with Crippen molar-refractivity contribution >= 4 is 6.29 Å². The van der Waals surface area contributed by atoms with E-state index >= 15 is 0 Å². The molecule has 0 aromatic carbocycles. The summed E-state index contributed by atoms with van der Waals surface area (Å²) >= 11 is 0. The zero-order valence-corrected chi connectivity index (χ0v) is 8.69. The van der Waals surface area contributed by atoms with E-state index in [2.05, 4.69) is 0 Å². The molecule has 2 nitrogen and oxygen atoms in total. The van der Waals surface area contributed by atoms with E-state index in [4.69, 9.17) is 4.74 Å². The molecule has 0 aromatic heterocycles. The standard InChI is InChI=1S/C12H18O2/c1-14-12-8-2-3-9(12)11-5-7(6-13)4-10(8)11/h6-12H,2-5H2,1H3. The fourth-order valence-corrected chi connectivity index (χ4v) is 4.54. The minimum Gasteiger partial charge on any atom is -0.381 e. The Bertz CT molecular complexity index is 231. The quantitative estimate of drug-likeness (QED) is 0.627. The number of carbonyl (C=O) groups excluding carboxylic acids is 1. The van der Waals surface area contributed by atoms with Crippen molar-refractivity contribution in [2.24, 2.45) is 29.6 Å². The van der Waals surface area contributed by atoms with Crippen LogP contribution in [0, 0.1) is 29.6 Å². The van der Waals surface area contributed by atoms with Crippen molar-refractivity contribution in [3.05, 3.63) is 0 Å². The van der Waals surface area contributed by atoms with Crippen molar-refractivity contribution in [1.29, 1.82) is 0 Å². The average Bonchev–Trinajstić information content (AvgIpc) is 2.86. The van der Waals surface area contributed by atoms with Crippen LogP contribution in [0.15, 0.2) is 0 Å². The van der Waals surface area contributed by atoms with Gasteiger partial charge in [-0.3, -0.25) is 0 Å². The Morgan fingerprint density at radius 3 is 2.07 bits per heavy atom. The van der Waals surface area contributed by atoms with Crippen LogP contribution in [-0.2, 0) is 9.53 Å². The third-order valence-electron chi connectivity index (χ3n) is 4.94. The summed E-state index contributed by atoms with van der Waals surface area (Å²) in [6.45, 7) is 0. The number of fused-ring (bicyclic) bond motifs is 5. The highest BCUT2D eigenvalue weighted by atomic mass is 16.5. The molecule has 4 atom stereocenters. The Morgan fingerprint density at radius 1 is 1.07 bits per heavy atom. The van der Waals surface area contributed by atoms with E-state index in [0.717, 1.165) is 36.5 Å². The maximum Gasteiger partial charge on any atom is 0.123 e. The molecule has 3 rings (SSSR count). The molecule has 0 saturated heterocycles. The fraction of sp³-hybridized carbons (Fsp3) is 0.917. The number of ether oxygens (including phenoxy) is 1. The molecular formula is C12H18O2. The Balaban J connectivity index is 1.82. The van der Waals surface area contributed by atoms with Crippen molar-refractivity contribution in [1.82, 2.24) is 0 Å². The first-order chi connectivity index (χ1) is 6.85. The van der Waals surface area contributed by atoms with Gasteiger partial charge in [0, 0.05) is 13.0 Å². The molecule has 0 spiro atoms. The number of methoxy groups -OCH3 is 1. The van der Waals surface area contributed by atoms with E-state index in [-0.39, 0.29) is 0 Å². The predicted molar refractivity (Wildman–Crippen MR) is 52.8 cm³/mol. The van der Waals surface area contributed by atoms with Gasteiger partial charge in [-0.2, -0.15) is 0 Å². The minimum atomic E-state index is 0.367. The molecule has 4 unspecified atom stereocenters. The largest absolute Gasteiger partial charge is 0.381 e. The van der Waals surface area contributed by atoms with Crippen molar-refractivity contribution in [2.75, 3.05) is 7.11 Å². The minimum absolute atomic E-state index is 0.367. The normalized spacial score (nSPS) is 54.9. The number of carbonyl (C=O) groups is 1. The summed E-state index contributed by atoms with van der Waals surface area (Å²) in [6.07, 6.45) is 6.69. The van der Waals surface area contributed by atoms with Gasteiger partial charge in [-0.1, -0.05) is 0 Å². The Morgan fingerprint density at radius 2 is 1.64 bits per heavy atom. The van der Waals surface area contributed by atoms with Crippen molar-refractivity contribution in [2.45, 2.75) is 31.8 Å². The van der Waals surface area contributed by atoms with Crippen LogP contribution >= 0.6 is 0 Å². The van der Waals surface area contributed by atoms with Crippen LogP contribution in [0.25, 0.3) is 0 Å². The second-order valence-electron chi connectivity index (χ2n) is 5.30. The fourth-order valence-electron chi connectivity index (χ4n) is 4.54. The monoisotopic (exact) mass is 194 g/mol. The number of rotatable bonds is 2. The molecule has 2 heteroatoms. The molecule has 3 fully saturated rings. The summed E-state index contributed by atoms with van der Waals surface area (Å²) in [5.41, 5.74) is 0. The Labute approximate surface area is 85.0 Å². The van der Waals surface area contributed by atoms with Crippen LogP contribution in [0.1, 0.15) is 25.7 Å². The smallest absolute Gasteiger partial charge is 0.123 e. The molecule has 0 aliphatic heterocycles. The number of hydrogen-bond acceptors (Lipinski definition) is 2. The highest BCUT2D eigenvalue weighted by molar-refractivity contribution is 5.54. The first-order valence-corrected chi connectivity index (χ1v) is 5.83. The average molecular weight is 194 g/mol. The summed E-state index contributed by atoms with van der Waals surface area (Å²) in [5.74, 6) is 3.55. The SMILES string of the molecule is COC1C2CCC1C1CC(C=O)CC12. The highest BCUT2D eigenvalue weighted by Crippen LogP contribution is 2.60. The van der Waals surface area contributed by atoms with Crippen LogP contribution in [-0.4, -0.2) is 19.5 Å². The lowest BCUT2D eigenvalue weighted by Crippen LogP contribution is -2.19. The van der Waals surface area contributed by atoms with Gasteiger partial charge in [-0.25, -0.2) is 0 Å². The van der Waals surface area contributed by atoms with Gasteiger partial charge in [0.2, 0.25) is 0 Å². The second kappa shape index (κ2) is 3.06. The van der Waals surface area contributed by atoms with Gasteiger partial charge in [0.25, 0.3) is 0 Å². The zero-order valence-electron chi connectivity index (χ0n) is 8.69. The molecule has 0 heterocycles. The van der Waals surface area contributed by atoms with Crippen LogP contribution in [0.3, 0.4) is 0 Å². The first kappa shape index (κ1) is 8.90. The maximum absolute atomic E-state index is 10.8. The third kappa shape index (κ3) is 0.979. The number of hydrogen-bond donors (Lipinski definition) is 0. The van der Waals surface area contributed by atoms with Gasteiger partial charge in [-0.15, -0.1) is 0 Å². The van der Waals surface area contributed by atoms with Gasteiger partial charge in [0.1, 0.15) is 6.29 Å². The molecule has 0 N–H and O–H groups in total. The van der Waals surface area contributed by atoms with Gasteiger partial charge >= 0.3 is 0 Å². The topological polar surface area (TPSA) is 26.3 Å². The van der Waals surface area contributed by atoms with E-state index in [0.29, 0.717) is 12.0 Å². The third-order valence-corrected chi connectivity index (χ3v) is 4.94. The van der Waals surface area contributed by atoms with E-state index in [9.17, 15) is 4.79 Å². The van der Waals surface area contributed by atoms with Gasteiger partial charge < -0.3 is 9.53 Å². The zero-order chi connectivity index (χ0) is 9.71. The van der Waals surface area contributed by atoms with Crippen molar-refractivity contribution < 1.29 is 9.53 Å². The summed E-state index contributed by atoms with van der Waals surface area (Å²) in [4.78, 5) is 10.8. The molecule has 2 bridgehead atoms. The lowest BCUT2D eigenvalue weighted by molar-refractivity contribution is -0.111. The van der Waals surface area contributed by atoms with Crippen molar-refractivity contribution in [3.8, 4) is 0 Å². The molecule has 0 radical (unpaired) electrons. The van der Waals surface area contributed by atoms with E-state index in [1.807, 2.05) is 7.11 Å². The van der Waals surface area contributed by atoms with Crippen LogP contribution in [0.5, 0.6) is 0 Å². The summed E-state index contributed by atoms with van der Waals surface area (Å²) in [7, 11) is 1.86. The Kier molecular flexibility index (Phi) is 1.94. The predicted octanol–water partition coefficient (Wildman–Crippen LogP) is 1.88. The lowest BCUT2D eigenvalue weighted by Gasteiger charge is -2.22. The van der Waals surface area contributed by atoms with Crippen LogP contribution in [0.4, 0.5) is 0 Å². The first-order valence-electron chi connectivity index (χ1n) is 5.83. The molecule has 78 valence electrons. The highest BCUT2D eigenvalue weighted by Gasteiger charge is 2.57. The summed E-state index contributed by atoms with van der Waals surface area (Å²) in [5, 5.41) is 0. The van der Waals surface area contributed by atoms with Gasteiger partial charge in [-0.05, 0) is 49.4 Å². The van der Waals surface area contributed by atoms with E-state index < -0.39 is 0 Å². The lowest BCUT2D eigenvalue weighted by atomic mass is 9.82. The van der Waals surface area contributed by atoms with Gasteiger partial charge in [0.05, 0.1) is 6.10 Å². The molecule has 3 saturated carbocycles. The van der Waals surface area contributed by atoms with Crippen LogP contribution < -0.4 is 0 Å². The summed E-state index contributed by atoms with van der Waals surface area (Å²) < 4.78 is 5.62. The second-order valence-corrected chi connectivity index (χ2v) is 5.30. The summed E-state index contributed by atoms with van der Waals surface area (Å²) in [6, 6.07) is 0. The van der Waals surface area contributed by atoms with Crippen LogP contribution in [0.2, 0.25) is 0 Å². The number of aldehydes is 1. The van der Waals surface area contributed by atoms with Crippen molar-refractivity contribution in [3.63, 3.8) is 0 Å². The molecule has 0 amide bonds. The van der Waals surface area contributed by atoms with E-state index in [1.165, 1.54) is 19.1 Å². The molecule has 3 aliphatic carbocycles. The molecule has 14 heavy (non-hydrogen) atoms. The maximum atomic E-state index is 10.8. The Hall–Kier alpha value is -0.370. The molecule has 3 aliphatic rings. The van der Waals surface area contributed by atoms with Gasteiger partial charge in [0.15, 0.2) is 0 Å². The molecule has 0 aromatic rings. The molecular weight excluding hydrogens is 176 g/mol.